The van der Waals surface area contributed by atoms with Gasteiger partial charge >= 0.3 is 0 Å². The minimum absolute atomic E-state index is 0.0314. The Bertz CT molecular complexity index is 829. The molecule has 8 heteroatoms. The Labute approximate surface area is 169 Å². The number of carbonyl (C=O) groups is 1. The van der Waals surface area contributed by atoms with Gasteiger partial charge in [0.2, 0.25) is 0 Å². The third-order valence-corrected chi connectivity index (χ3v) is 5.54. The van der Waals surface area contributed by atoms with Crippen LogP contribution in [-0.2, 0) is 6.61 Å². The number of rotatable bonds is 7. The molecule has 1 aromatic heterocycles. The number of amides is 1. The third-order valence-electron chi connectivity index (χ3n) is 5.25. The molecule has 1 aliphatic carbocycles. The van der Waals surface area contributed by atoms with Gasteiger partial charge in [0.25, 0.3) is 5.91 Å². The van der Waals surface area contributed by atoms with Crippen molar-refractivity contribution in [2.24, 2.45) is 5.92 Å². The average Bonchev–Trinajstić information content (AvgIpc) is 3.40. The molecule has 0 atom stereocenters. The van der Waals surface area contributed by atoms with Crippen LogP contribution < -0.4 is 9.47 Å². The van der Waals surface area contributed by atoms with Gasteiger partial charge in [-0.1, -0.05) is 11.6 Å². The molecular weight excluding hydrogens is 380 g/mol. The monoisotopic (exact) mass is 404 g/mol. The van der Waals surface area contributed by atoms with Gasteiger partial charge in [0.05, 0.1) is 17.8 Å². The second-order valence-corrected chi connectivity index (χ2v) is 7.81. The molecule has 0 spiro atoms. The van der Waals surface area contributed by atoms with Crippen molar-refractivity contribution in [2.75, 3.05) is 39.8 Å². The number of halogens is 1. The maximum Gasteiger partial charge on any atom is 0.274 e. The molecule has 2 aliphatic rings. The van der Waals surface area contributed by atoms with Gasteiger partial charge in [-0.05, 0) is 37.0 Å². The molecule has 1 N–H and O–H groups in total. The minimum Gasteiger partial charge on any atom is -0.497 e. The lowest BCUT2D eigenvalue weighted by Gasteiger charge is -2.34. The second-order valence-electron chi connectivity index (χ2n) is 7.40. The number of benzene rings is 1. The Hall–Kier alpha value is -2.25. The van der Waals surface area contributed by atoms with Crippen LogP contribution in [-0.4, -0.2) is 65.7 Å². The van der Waals surface area contributed by atoms with E-state index in [-0.39, 0.29) is 12.5 Å². The zero-order chi connectivity index (χ0) is 19.5. The number of aromatic nitrogens is 2. The molecular formula is C20H25ClN4O3. The number of ether oxygens (including phenoxy) is 2. The van der Waals surface area contributed by atoms with E-state index in [1.54, 1.807) is 31.4 Å². The molecule has 4 rings (SSSR count). The van der Waals surface area contributed by atoms with Gasteiger partial charge < -0.3 is 14.4 Å². The van der Waals surface area contributed by atoms with Crippen LogP contribution in [0.5, 0.6) is 11.5 Å². The first kappa shape index (κ1) is 19.1. The van der Waals surface area contributed by atoms with Crippen LogP contribution in [0.25, 0.3) is 0 Å². The number of nitrogens with one attached hydrogen (secondary N) is 1. The van der Waals surface area contributed by atoms with E-state index in [9.17, 15) is 4.79 Å². The Morgan fingerprint density at radius 2 is 2.04 bits per heavy atom. The highest BCUT2D eigenvalue weighted by molar-refractivity contribution is 6.32. The van der Waals surface area contributed by atoms with Crippen LogP contribution >= 0.6 is 11.6 Å². The molecule has 1 amide bonds. The van der Waals surface area contributed by atoms with E-state index < -0.39 is 0 Å². The zero-order valence-corrected chi connectivity index (χ0v) is 16.7. The van der Waals surface area contributed by atoms with Crippen molar-refractivity contribution < 1.29 is 14.3 Å². The van der Waals surface area contributed by atoms with Crippen molar-refractivity contribution in [3.63, 3.8) is 0 Å². The summed E-state index contributed by atoms with van der Waals surface area (Å²) in [6.07, 6.45) is 2.72. The van der Waals surface area contributed by atoms with Gasteiger partial charge in [-0.2, -0.15) is 5.10 Å². The molecule has 2 heterocycles. The number of aromatic amines is 1. The molecule has 0 radical (unpaired) electrons. The van der Waals surface area contributed by atoms with Crippen LogP contribution in [0, 0.1) is 5.92 Å². The highest BCUT2D eigenvalue weighted by atomic mass is 35.5. The normalized spacial score (nSPS) is 17.6. The highest BCUT2D eigenvalue weighted by Gasteiger charge is 2.28. The van der Waals surface area contributed by atoms with Crippen LogP contribution in [0.1, 0.15) is 29.0 Å². The van der Waals surface area contributed by atoms with Crippen LogP contribution in [0.3, 0.4) is 0 Å². The lowest BCUT2D eigenvalue weighted by atomic mass is 10.2. The fourth-order valence-electron chi connectivity index (χ4n) is 3.39. The van der Waals surface area contributed by atoms with E-state index in [4.69, 9.17) is 21.1 Å². The van der Waals surface area contributed by atoms with Crippen molar-refractivity contribution in [1.29, 1.82) is 0 Å². The number of methoxy groups -OCH3 is 1. The summed E-state index contributed by atoms with van der Waals surface area (Å²) in [5, 5.41) is 7.52. The topological polar surface area (TPSA) is 70.7 Å². The molecule has 0 unspecified atom stereocenters. The molecule has 1 saturated carbocycles. The first-order valence-corrected chi connectivity index (χ1v) is 10.0. The number of hydrogen-bond donors (Lipinski definition) is 1. The number of piperazine rings is 1. The minimum atomic E-state index is -0.0314. The molecule has 1 aromatic carbocycles. The Morgan fingerprint density at radius 3 is 2.71 bits per heavy atom. The summed E-state index contributed by atoms with van der Waals surface area (Å²) >= 11 is 6.18. The molecule has 1 aliphatic heterocycles. The summed E-state index contributed by atoms with van der Waals surface area (Å²) in [7, 11) is 1.59. The molecule has 1 saturated heterocycles. The quantitative estimate of drug-likeness (QED) is 0.768. The Balaban J connectivity index is 1.29. The average molecular weight is 405 g/mol. The summed E-state index contributed by atoms with van der Waals surface area (Å²) in [6.45, 7) is 4.83. The van der Waals surface area contributed by atoms with E-state index >= 15 is 0 Å². The van der Waals surface area contributed by atoms with Crippen LogP contribution in [0.4, 0.5) is 0 Å². The van der Waals surface area contributed by atoms with Crippen LogP contribution in [0.15, 0.2) is 24.3 Å². The largest absolute Gasteiger partial charge is 0.497 e. The maximum absolute atomic E-state index is 12.7. The summed E-state index contributed by atoms with van der Waals surface area (Å²) < 4.78 is 10.9. The van der Waals surface area contributed by atoms with E-state index in [0.717, 1.165) is 37.8 Å². The fraction of sp³-hybridized carbons (Fsp3) is 0.500. The van der Waals surface area contributed by atoms with Gasteiger partial charge in [-0.3, -0.25) is 14.8 Å². The van der Waals surface area contributed by atoms with E-state index in [2.05, 4.69) is 15.1 Å². The molecule has 28 heavy (non-hydrogen) atoms. The fourth-order valence-corrected chi connectivity index (χ4v) is 3.61. The molecule has 7 nitrogen and oxygen atoms in total. The van der Waals surface area contributed by atoms with Gasteiger partial charge in [-0.15, -0.1) is 0 Å². The number of nitrogens with zero attached hydrogens (tertiary/aromatic N) is 3. The van der Waals surface area contributed by atoms with E-state index in [1.807, 2.05) is 4.90 Å². The van der Waals surface area contributed by atoms with Crippen molar-refractivity contribution in [1.82, 2.24) is 20.0 Å². The lowest BCUT2D eigenvalue weighted by Crippen LogP contribution is -2.49. The van der Waals surface area contributed by atoms with E-state index in [1.165, 1.54) is 19.4 Å². The third kappa shape index (κ3) is 4.59. The van der Waals surface area contributed by atoms with Crippen molar-refractivity contribution in [3.05, 3.63) is 40.7 Å². The summed E-state index contributed by atoms with van der Waals surface area (Å²) in [4.78, 5) is 17.0. The predicted molar refractivity (Wildman–Crippen MR) is 106 cm³/mol. The summed E-state index contributed by atoms with van der Waals surface area (Å²) in [5.41, 5.74) is 1.15. The van der Waals surface area contributed by atoms with Gasteiger partial charge in [0.15, 0.2) is 5.69 Å². The van der Waals surface area contributed by atoms with Gasteiger partial charge in [-0.25, -0.2) is 0 Å². The van der Waals surface area contributed by atoms with Crippen molar-refractivity contribution >= 4 is 17.5 Å². The molecule has 2 aromatic rings. The molecule has 150 valence electrons. The van der Waals surface area contributed by atoms with Crippen molar-refractivity contribution in [2.45, 2.75) is 19.4 Å². The van der Waals surface area contributed by atoms with Crippen LogP contribution in [0.2, 0.25) is 5.02 Å². The Morgan fingerprint density at radius 1 is 1.25 bits per heavy atom. The highest BCUT2D eigenvalue weighted by Crippen LogP contribution is 2.30. The molecule has 0 bridgehead atoms. The number of hydrogen-bond acceptors (Lipinski definition) is 5. The standard InChI is InChI=1S/C20H25ClN4O3/c1-27-16-4-5-19(17(21)11-16)28-13-15-10-18(23-22-15)20(26)25-8-6-24(7-9-25)12-14-2-3-14/h4-5,10-11,14H,2-3,6-9,12-13H2,1H3,(H,22,23). The SMILES string of the molecule is COc1ccc(OCc2cc(C(=O)N3CCN(CC4CC4)CC3)n[nH]2)c(Cl)c1. The first-order valence-electron chi connectivity index (χ1n) is 9.64. The second kappa shape index (κ2) is 8.41. The summed E-state index contributed by atoms with van der Waals surface area (Å²) in [6, 6.07) is 6.98. The lowest BCUT2D eigenvalue weighted by molar-refractivity contribution is 0.0626. The van der Waals surface area contributed by atoms with Gasteiger partial charge in [0.1, 0.15) is 18.1 Å². The van der Waals surface area contributed by atoms with Gasteiger partial charge in [0, 0.05) is 38.8 Å². The first-order chi connectivity index (χ1) is 13.6. The smallest absolute Gasteiger partial charge is 0.274 e. The van der Waals surface area contributed by atoms with Crippen molar-refractivity contribution in [3.8, 4) is 11.5 Å². The maximum atomic E-state index is 12.7. The predicted octanol–water partition coefficient (Wildman–Crippen LogP) is 2.82. The Kier molecular flexibility index (Phi) is 5.73. The zero-order valence-electron chi connectivity index (χ0n) is 16.0. The number of carbonyl (C=O) groups excluding carboxylic acids is 1. The summed E-state index contributed by atoms with van der Waals surface area (Å²) in [5.74, 6) is 2.08. The number of H-pyrrole nitrogens is 1. The van der Waals surface area contributed by atoms with E-state index in [0.29, 0.717) is 22.2 Å². The molecule has 2 fully saturated rings.